The van der Waals surface area contributed by atoms with Gasteiger partial charge in [-0.1, -0.05) is 12.1 Å². The van der Waals surface area contributed by atoms with E-state index in [9.17, 15) is 49.2 Å². The summed E-state index contributed by atoms with van der Waals surface area (Å²) in [6, 6.07) is 13.9. The highest BCUT2D eigenvalue weighted by atomic mass is 16.5. The second kappa shape index (κ2) is 12.7. The topological polar surface area (TPSA) is 202 Å². The van der Waals surface area contributed by atoms with Crippen molar-refractivity contribution in [3.05, 3.63) is 116 Å². The van der Waals surface area contributed by atoms with Crippen molar-refractivity contribution in [3.8, 4) is 22.6 Å². The lowest BCUT2D eigenvalue weighted by molar-refractivity contribution is 0.0639. The number of hydrogen-bond donors (Lipinski definition) is 4. The lowest BCUT2D eigenvalue weighted by Crippen LogP contribution is -2.18. The van der Waals surface area contributed by atoms with Gasteiger partial charge in [-0.3, -0.25) is 0 Å². The third-order valence-corrected chi connectivity index (χ3v) is 7.10. The van der Waals surface area contributed by atoms with E-state index >= 15 is 0 Å². The molecule has 0 atom stereocenters. The number of aromatic carboxylic acids is 4. The molecule has 0 saturated heterocycles. The highest BCUT2D eigenvalue weighted by molar-refractivity contribution is 6.11. The molecule has 4 N–H and O–H groups in total. The van der Waals surface area contributed by atoms with E-state index in [2.05, 4.69) is 0 Å². The maximum Gasteiger partial charge on any atom is 0.344 e. The average Bonchev–Trinajstić information content (AvgIpc) is 2.99. The van der Waals surface area contributed by atoms with Gasteiger partial charge in [0.05, 0.1) is 33.4 Å². The van der Waals surface area contributed by atoms with Crippen LogP contribution in [0.5, 0.6) is 11.5 Å². The van der Waals surface area contributed by atoms with Gasteiger partial charge in [-0.2, -0.15) is 0 Å². The lowest BCUT2D eigenvalue weighted by Gasteiger charge is -2.17. The van der Waals surface area contributed by atoms with Crippen molar-refractivity contribution < 1.29 is 58.7 Å². The van der Waals surface area contributed by atoms with Crippen LogP contribution in [0.2, 0.25) is 0 Å². The second-order valence-corrected chi connectivity index (χ2v) is 10.3. The van der Waals surface area contributed by atoms with Crippen LogP contribution in [0.1, 0.15) is 84.4 Å². The molecule has 12 nitrogen and oxygen atoms in total. The molecule has 4 aromatic rings. The van der Waals surface area contributed by atoms with Crippen LogP contribution >= 0.6 is 0 Å². The number of carboxylic acids is 4. The molecule has 0 heterocycles. The van der Waals surface area contributed by atoms with E-state index < -0.39 is 69.2 Å². The summed E-state index contributed by atoms with van der Waals surface area (Å²) in [5.41, 5.74) is 0.123. The van der Waals surface area contributed by atoms with Crippen LogP contribution in [0, 0.1) is 27.7 Å². The van der Waals surface area contributed by atoms with Gasteiger partial charge in [-0.25, -0.2) is 28.8 Å². The van der Waals surface area contributed by atoms with Gasteiger partial charge in [0.2, 0.25) is 0 Å². The maximum absolute atomic E-state index is 13.0. The number of ether oxygens (including phenoxy) is 2. The fourth-order valence-corrected chi connectivity index (χ4v) is 5.11. The first-order valence-electron chi connectivity index (χ1n) is 13.5. The number of hydrogen-bond acceptors (Lipinski definition) is 8. The smallest absolute Gasteiger partial charge is 0.344 e. The molecule has 0 bridgehead atoms. The molecule has 0 aliphatic carbocycles. The summed E-state index contributed by atoms with van der Waals surface area (Å²) < 4.78 is 11.1. The van der Waals surface area contributed by atoms with E-state index in [1.54, 1.807) is 52.0 Å². The monoisotopic (exact) mass is 626 g/mol. The molecule has 0 amide bonds. The first-order chi connectivity index (χ1) is 21.6. The Morgan fingerprint density at radius 3 is 1.00 bits per heavy atom. The standard InChI is InChI=1S/C34H26O12/c1-15-11-19(12-16(2)27(15)45-33(43)23-9-5-7-21(29(35)36)25(23)31(39)40)20-13-17(3)28(18(4)14-20)46-34(44)24-10-6-8-22(30(37)38)26(24)32(41)42/h5-14H,1-4H3,(H,35,36)(H,37,38)(H,39,40)(H,41,42). The number of carboxylic acid groups (broad SMARTS) is 4. The van der Waals surface area contributed by atoms with Gasteiger partial charge in [0.1, 0.15) is 11.5 Å². The first kappa shape index (κ1) is 32.6. The Labute approximate surface area is 261 Å². The first-order valence-corrected chi connectivity index (χ1v) is 13.5. The van der Waals surface area contributed by atoms with Gasteiger partial charge in [0.15, 0.2) is 0 Å². The third kappa shape index (κ3) is 6.31. The van der Waals surface area contributed by atoms with Crippen molar-refractivity contribution in [1.29, 1.82) is 0 Å². The van der Waals surface area contributed by atoms with E-state index in [1.165, 1.54) is 24.3 Å². The normalized spacial score (nSPS) is 10.6. The number of rotatable bonds is 9. The quantitative estimate of drug-likeness (QED) is 0.128. The maximum atomic E-state index is 13.0. The number of aryl methyl sites for hydroxylation is 4. The number of benzene rings is 4. The van der Waals surface area contributed by atoms with E-state index in [4.69, 9.17) is 9.47 Å². The zero-order chi connectivity index (χ0) is 34.0. The highest BCUT2D eigenvalue weighted by Gasteiger charge is 2.27. The molecular formula is C34H26O12. The molecule has 0 spiro atoms. The van der Waals surface area contributed by atoms with Gasteiger partial charge in [0, 0.05) is 0 Å². The molecule has 12 heteroatoms. The SMILES string of the molecule is Cc1cc(-c2cc(C)c(OC(=O)c3cccc(C(=O)O)c3C(=O)O)c(C)c2)cc(C)c1OC(=O)c1cccc(C(=O)O)c1C(=O)O. The molecule has 4 aromatic carbocycles. The van der Waals surface area contributed by atoms with Crippen LogP contribution in [0.15, 0.2) is 60.7 Å². The fourth-order valence-electron chi connectivity index (χ4n) is 5.11. The molecule has 0 aliphatic rings. The molecule has 46 heavy (non-hydrogen) atoms. The minimum Gasteiger partial charge on any atom is -0.478 e. The van der Waals surface area contributed by atoms with Gasteiger partial charge in [-0.15, -0.1) is 0 Å². The molecule has 234 valence electrons. The predicted octanol–water partition coefficient (Wildman–Crippen LogP) is 5.82. The molecular weight excluding hydrogens is 600 g/mol. The fraction of sp³-hybridized carbons (Fsp3) is 0.118. The molecule has 0 unspecified atom stereocenters. The largest absolute Gasteiger partial charge is 0.478 e. The summed E-state index contributed by atoms with van der Waals surface area (Å²) in [6.45, 7) is 6.69. The van der Waals surface area contributed by atoms with Gasteiger partial charge >= 0.3 is 35.8 Å². The molecule has 0 aliphatic heterocycles. The van der Waals surface area contributed by atoms with Crippen molar-refractivity contribution in [3.63, 3.8) is 0 Å². The summed E-state index contributed by atoms with van der Waals surface area (Å²) in [4.78, 5) is 72.6. The third-order valence-electron chi connectivity index (χ3n) is 7.10. The van der Waals surface area contributed by atoms with Crippen molar-refractivity contribution in [2.24, 2.45) is 0 Å². The Morgan fingerprint density at radius 2 is 0.739 bits per heavy atom. The van der Waals surface area contributed by atoms with Crippen LogP contribution < -0.4 is 9.47 Å². The molecule has 0 aromatic heterocycles. The Hall–Kier alpha value is -6.30. The van der Waals surface area contributed by atoms with Gasteiger partial charge in [-0.05, 0) is 110 Å². The molecule has 4 rings (SSSR count). The Balaban J connectivity index is 1.65. The minimum absolute atomic E-state index is 0.155. The van der Waals surface area contributed by atoms with Gasteiger partial charge < -0.3 is 29.9 Å². The van der Waals surface area contributed by atoms with Crippen molar-refractivity contribution in [1.82, 2.24) is 0 Å². The second-order valence-electron chi connectivity index (χ2n) is 10.3. The van der Waals surface area contributed by atoms with E-state index in [0.29, 0.717) is 33.4 Å². The van der Waals surface area contributed by atoms with Crippen LogP contribution in [0.25, 0.3) is 11.1 Å². The highest BCUT2D eigenvalue weighted by Crippen LogP contribution is 2.35. The molecule has 0 saturated carbocycles. The Kier molecular flexibility index (Phi) is 9.03. The summed E-state index contributed by atoms with van der Waals surface area (Å²) in [6.07, 6.45) is 0. The lowest BCUT2D eigenvalue weighted by atomic mass is 9.96. The zero-order valence-electron chi connectivity index (χ0n) is 24.8. The summed E-state index contributed by atoms with van der Waals surface area (Å²) in [5, 5.41) is 37.9. The van der Waals surface area contributed by atoms with Crippen LogP contribution in [-0.4, -0.2) is 56.2 Å². The summed E-state index contributed by atoms with van der Waals surface area (Å²) >= 11 is 0. The van der Waals surface area contributed by atoms with Gasteiger partial charge in [0.25, 0.3) is 0 Å². The average molecular weight is 627 g/mol. The van der Waals surface area contributed by atoms with E-state index in [-0.39, 0.29) is 11.5 Å². The van der Waals surface area contributed by atoms with Crippen LogP contribution in [-0.2, 0) is 0 Å². The zero-order valence-corrected chi connectivity index (χ0v) is 24.8. The number of carbonyl (C=O) groups is 6. The predicted molar refractivity (Wildman–Crippen MR) is 161 cm³/mol. The van der Waals surface area contributed by atoms with E-state index in [1.807, 2.05) is 0 Å². The summed E-state index contributed by atoms with van der Waals surface area (Å²) in [5.74, 6) is -7.98. The summed E-state index contributed by atoms with van der Waals surface area (Å²) in [7, 11) is 0. The molecule has 0 fully saturated rings. The minimum atomic E-state index is -1.59. The number of esters is 2. The molecule has 0 radical (unpaired) electrons. The Bertz CT molecular complexity index is 1800. The van der Waals surface area contributed by atoms with Crippen molar-refractivity contribution in [2.75, 3.05) is 0 Å². The van der Waals surface area contributed by atoms with Crippen LogP contribution in [0.3, 0.4) is 0 Å². The van der Waals surface area contributed by atoms with Crippen molar-refractivity contribution in [2.45, 2.75) is 27.7 Å². The van der Waals surface area contributed by atoms with Crippen LogP contribution in [0.4, 0.5) is 0 Å². The van der Waals surface area contributed by atoms with E-state index in [0.717, 1.165) is 12.1 Å². The number of carbonyl (C=O) groups excluding carboxylic acids is 2. The van der Waals surface area contributed by atoms with Crippen molar-refractivity contribution >= 4 is 35.8 Å². The Morgan fingerprint density at radius 1 is 0.457 bits per heavy atom.